The van der Waals surface area contributed by atoms with E-state index in [-0.39, 0.29) is 5.56 Å². The lowest BCUT2D eigenvalue weighted by Gasteiger charge is -2.18. The van der Waals surface area contributed by atoms with E-state index in [4.69, 9.17) is 0 Å². The zero-order valence-corrected chi connectivity index (χ0v) is 10.7. The summed E-state index contributed by atoms with van der Waals surface area (Å²) in [6.45, 7) is 2.66. The zero-order valence-electron chi connectivity index (χ0n) is 9.86. The number of nitrogens with one attached hydrogen (secondary N) is 1. The molecule has 0 fully saturated rings. The Balaban J connectivity index is 2.40. The molecule has 0 bridgehead atoms. The number of hydrogen-bond acceptors (Lipinski definition) is 4. The summed E-state index contributed by atoms with van der Waals surface area (Å²) in [6, 6.07) is 3.34. The van der Waals surface area contributed by atoms with Gasteiger partial charge < -0.3 is 5.32 Å². The number of halogens is 2. The number of benzene rings is 1. The van der Waals surface area contributed by atoms with Gasteiger partial charge in [0.2, 0.25) is 0 Å². The fraction of sp³-hybridized carbons (Fsp3) is 0.333. The first-order valence-corrected chi connectivity index (χ1v) is 6.46. The van der Waals surface area contributed by atoms with Crippen molar-refractivity contribution in [3.63, 3.8) is 0 Å². The van der Waals surface area contributed by atoms with Gasteiger partial charge in [-0.3, -0.25) is 0 Å². The first-order valence-electron chi connectivity index (χ1n) is 5.68. The maximum atomic E-state index is 13.8. The van der Waals surface area contributed by atoms with Gasteiger partial charge in [-0.25, -0.2) is 8.78 Å². The Morgan fingerprint density at radius 2 is 2.06 bits per heavy atom. The van der Waals surface area contributed by atoms with Crippen molar-refractivity contribution >= 4 is 11.5 Å². The van der Waals surface area contributed by atoms with Crippen LogP contribution in [-0.2, 0) is 0 Å². The Hall–Kier alpha value is -1.40. The molecule has 0 spiro atoms. The number of hydrogen-bond donors (Lipinski definition) is 1. The van der Waals surface area contributed by atoms with Gasteiger partial charge in [-0.05, 0) is 36.6 Å². The van der Waals surface area contributed by atoms with Gasteiger partial charge in [0.25, 0.3) is 0 Å². The second-order valence-corrected chi connectivity index (χ2v) is 4.66. The molecular formula is C12H13F2N3S. The van der Waals surface area contributed by atoms with E-state index in [2.05, 4.69) is 14.9 Å². The van der Waals surface area contributed by atoms with E-state index in [9.17, 15) is 8.78 Å². The van der Waals surface area contributed by atoms with Crippen LogP contribution in [-0.4, -0.2) is 16.1 Å². The highest BCUT2D eigenvalue weighted by Crippen LogP contribution is 2.28. The summed E-state index contributed by atoms with van der Waals surface area (Å²) in [5.74, 6) is -1.12. The third-order valence-electron chi connectivity index (χ3n) is 2.55. The van der Waals surface area contributed by atoms with Crippen molar-refractivity contribution < 1.29 is 8.78 Å². The van der Waals surface area contributed by atoms with Crippen LogP contribution in [0.1, 0.15) is 29.8 Å². The number of rotatable bonds is 5. The molecule has 1 aromatic heterocycles. The van der Waals surface area contributed by atoms with Crippen molar-refractivity contribution in [1.29, 1.82) is 0 Å². The van der Waals surface area contributed by atoms with Crippen LogP contribution in [0.15, 0.2) is 24.4 Å². The van der Waals surface area contributed by atoms with Crippen molar-refractivity contribution in [2.45, 2.75) is 19.4 Å². The third kappa shape index (κ3) is 2.70. The summed E-state index contributed by atoms with van der Waals surface area (Å²) >= 11 is 1.14. The molecule has 1 N–H and O–H groups in total. The molecule has 18 heavy (non-hydrogen) atoms. The van der Waals surface area contributed by atoms with Gasteiger partial charge in [-0.15, -0.1) is 5.10 Å². The normalized spacial score (nSPS) is 12.6. The van der Waals surface area contributed by atoms with E-state index < -0.39 is 17.7 Å². The molecule has 0 saturated heterocycles. The molecule has 0 aliphatic carbocycles. The molecule has 3 nitrogen and oxygen atoms in total. The van der Waals surface area contributed by atoms with Gasteiger partial charge in [-0.2, -0.15) is 0 Å². The van der Waals surface area contributed by atoms with Crippen molar-refractivity contribution in [2.24, 2.45) is 0 Å². The molecule has 0 radical (unpaired) electrons. The SMILES string of the molecule is CCCNC(c1cnns1)c1c(F)cccc1F. The van der Waals surface area contributed by atoms with E-state index in [1.807, 2.05) is 6.92 Å². The van der Waals surface area contributed by atoms with Crippen LogP contribution >= 0.6 is 11.5 Å². The monoisotopic (exact) mass is 269 g/mol. The predicted molar refractivity (Wildman–Crippen MR) is 66.4 cm³/mol. The summed E-state index contributed by atoms with van der Waals surface area (Å²) in [4.78, 5) is 0.701. The molecule has 2 rings (SSSR count). The second kappa shape index (κ2) is 5.97. The Morgan fingerprint density at radius 1 is 1.33 bits per heavy atom. The molecular weight excluding hydrogens is 256 g/mol. The predicted octanol–water partition coefficient (Wildman–Crippen LogP) is 2.91. The molecule has 0 aliphatic rings. The Morgan fingerprint density at radius 3 is 2.61 bits per heavy atom. The molecule has 96 valence electrons. The maximum Gasteiger partial charge on any atom is 0.131 e. The molecule has 1 aromatic carbocycles. The Bertz CT molecular complexity index is 482. The highest BCUT2D eigenvalue weighted by molar-refractivity contribution is 7.05. The average molecular weight is 269 g/mol. The summed E-state index contributed by atoms with van der Waals surface area (Å²) in [5, 5.41) is 6.84. The fourth-order valence-electron chi connectivity index (χ4n) is 1.72. The molecule has 1 unspecified atom stereocenters. The molecule has 0 saturated carbocycles. The van der Waals surface area contributed by atoms with Gasteiger partial charge in [0, 0.05) is 5.56 Å². The smallest absolute Gasteiger partial charge is 0.131 e. The fourth-order valence-corrected chi connectivity index (χ4v) is 2.31. The lowest BCUT2D eigenvalue weighted by Crippen LogP contribution is -2.24. The van der Waals surface area contributed by atoms with Gasteiger partial charge in [-0.1, -0.05) is 17.5 Å². The van der Waals surface area contributed by atoms with Crippen molar-refractivity contribution in [3.05, 3.63) is 46.5 Å². The van der Waals surface area contributed by atoms with Gasteiger partial charge in [0.05, 0.1) is 17.1 Å². The van der Waals surface area contributed by atoms with Crippen LogP contribution in [0.3, 0.4) is 0 Å². The standard InChI is InChI=1S/C12H13F2N3S/c1-2-6-15-12(10-7-16-17-18-10)11-8(13)4-3-5-9(11)14/h3-5,7,12,15H,2,6H2,1H3. The van der Waals surface area contributed by atoms with E-state index in [0.717, 1.165) is 18.0 Å². The van der Waals surface area contributed by atoms with E-state index in [0.29, 0.717) is 11.4 Å². The molecule has 0 amide bonds. The topological polar surface area (TPSA) is 37.8 Å². The Labute approximate surface area is 108 Å². The van der Waals surface area contributed by atoms with Crippen molar-refractivity contribution in [2.75, 3.05) is 6.54 Å². The van der Waals surface area contributed by atoms with Gasteiger partial charge >= 0.3 is 0 Å². The van der Waals surface area contributed by atoms with Crippen LogP contribution in [0.5, 0.6) is 0 Å². The minimum atomic E-state index is -0.558. The molecule has 2 aromatic rings. The molecule has 0 aliphatic heterocycles. The quantitative estimate of drug-likeness (QED) is 0.907. The minimum Gasteiger partial charge on any atom is -0.305 e. The van der Waals surface area contributed by atoms with E-state index >= 15 is 0 Å². The average Bonchev–Trinajstić information content (AvgIpc) is 2.86. The summed E-state index contributed by atoms with van der Waals surface area (Å²) in [5.41, 5.74) is 0.0250. The summed E-state index contributed by atoms with van der Waals surface area (Å²) in [7, 11) is 0. The van der Waals surface area contributed by atoms with Crippen LogP contribution in [0.25, 0.3) is 0 Å². The lowest BCUT2D eigenvalue weighted by atomic mass is 10.0. The first kappa shape index (κ1) is 13.0. The van der Waals surface area contributed by atoms with Gasteiger partial charge in [0.15, 0.2) is 0 Å². The molecule has 1 atom stereocenters. The lowest BCUT2D eigenvalue weighted by molar-refractivity contribution is 0.506. The summed E-state index contributed by atoms with van der Waals surface area (Å²) < 4.78 is 31.3. The molecule has 1 heterocycles. The highest BCUT2D eigenvalue weighted by atomic mass is 32.1. The van der Waals surface area contributed by atoms with Crippen molar-refractivity contribution in [3.8, 4) is 0 Å². The van der Waals surface area contributed by atoms with E-state index in [1.54, 1.807) is 0 Å². The highest BCUT2D eigenvalue weighted by Gasteiger charge is 2.22. The van der Waals surface area contributed by atoms with Crippen molar-refractivity contribution in [1.82, 2.24) is 14.9 Å². The van der Waals surface area contributed by atoms with E-state index in [1.165, 1.54) is 24.4 Å². The van der Waals surface area contributed by atoms with Gasteiger partial charge in [0.1, 0.15) is 11.6 Å². The van der Waals surface area contributed by atoms with Crippen LogP contribution in [0, 0.1) is 11.6 Å². The largest absolute Gasteiger partial charge is 0.305 e. The molecule has 6 heteroatoms. The van der Waals surface area contributed by atoms with Crippen LogP contribution in [0.4, 0.5) is 8.78 Å². The zero-order chi connectivity index (χ0) is 13.0. The Kier molecular flexibility index (Phi) is 4.33. The first-order chi connectivity index (χ1) is 8.74. The summed E-state index contributed by atoms with van der Waals surface area (Å²) in [6.07, 6.45) is 2.41. The third-order valence-corrected chi connectivity index (χ3v) is 3.28. The minimum absolute atomic E-state index is 0.0250. The number of aromatic nitrogens is 2. The number of nitrogens with zero attached hydrogens (tertiary/aromatic N) is 2. The van der Waals surface area contributed by atoms with Crippen LogP contribution < -0.4 is 5.32 Å². The maximum absolute atomic E-state index is 13.8. The second-order valence-electron chi connectivity index (χ2n) is 3.84. The van der Waals surface area contributed by atoms with Crippen LogP contribution in [0.2, 0.25) is 0 Å².